The van der Waals surface area contributed by atoms with Crippen molar-refractivity contribution in [2.75, 3.05) is 26.4 Å². The van der Waals surface area contributed by atoms with Gasteiger partial charge in [-0.1, -0.05) is 24.4 Å². The summed E-state index contributed by atoms with van der Waals surface area (Å²) in [6.45, 7) is -1.15. The standard InChI is InChI=1S/C13H26N3O5PS3/c1-11(24-4)15-21-13(17)14-10-25(18)16(22(23,19-2)20-3)12-8-6-5-7-9-12/h12H,5-10H2,1-4H3,(H,14,17). The molecule has 0 heterocycles. The molecule has 1 amide bonds. The van der Waals surface area contributed by atoms with Gasteiger partial charge in [0.05, 0.1) is 0 Å². The molecular weight excluding hydrogens is 405 g/mol. The summed E-state index contributed by atoms with van der Waals surface area (Å²) in [7, 11) is 1.32. The summed E-state index contributed by atoms with van der Waals surface area (Å²) in [6, 6.07) is 0.00916. The average molecular weight is 432 g/mol. The van der Waals surface area contributed by atoms with Gasteiger partial charge < -0.3 is 14.4 Å². The molecule has 0 aromatic rings. The molecule has 0 bridgehead atoms. The molecule has 1 aliphatic carbocycles. The largest absolute Gasteiger partial charge is 0.434 e. The Balaban J connectivity index is 2.76. The van der Waals surface area contributed by atoms with Crippen molar-refractivity contribution >= 4 is 52.3 Å². The zero-order valence-electron chi connectivity index (χ0n) is 14.9. The molecule has 25 heavy (non-hydrogen) atoms. The number of carbonyl (C=O) groups is 1. The molecule has 0 aromatic heterocycles. The Labute approximate surface area is 161 Å². The molecular formula is C13H26N3O5PS3. The second kappa shape index (κ2) is 11.6. The van der Waals surface area contributed by atoms with Crippen LogP contribution in [-0.4, -0.2) is 51.8 Å². The van der Waals surface area contributed by atoms with E-state index in [-0.39, 0.29) is 11.9 Å². The van der Waals surface area contributed by atoms with E-state index in [4.69, 9.17) is 25.7 Å². The van der Waals surface area contributed by atoms with Gasteiger partial charge in [0.25, 0.3) is 6.64 Å². The zero-order chi connectivity index (χ0) is 18.9. The second-order valence-corrected chi connectivity index (χ2v) is 11.3. The molecule has 8 nitrogen and oxygen atoms in total. The van der Waals surface area contributed by atoms with Gasteiger partial charge in [-0.15, -0.1) is 15.8 Å². The van der Waals surface area contributed by atoms with E-state index in [9.17, 15) is 9.00 Å². The number of hydrogen-bond donors (Lipinski definition) is 1. The highest BCUT2D eigenvalue weighted by Crippen LogP contribution is 2.54. The monoisotopic (exact) mass is 431 g/mol. The van der Waals surface area contributed by atoms with Crippen LogP contribution in [0.15, 0.2) is 5.16 Å². The Kier molecular flexibility index (Phi) is 10.7. The van der Waals surface area contributed by atoms with Crippen LogP contribution in [0, 0.1) is 0 Å². The maximum atomic E-state index is 12.8. The summed E-state index contributed by atoms with van der Waals surface area (Å²) in [5.74, 6) is -0.145. The lowest BCUT2D eigenvalue weighted by molar-refractivity contribution is 0.152. The lowest BCUT2D eigenvalue weighted by Gasteiger charge is -2.38. The van der Waals surface area contributed by atoms with Gasteiger partial charge in [-0.05, 0) is 37.8 Å². The van der Waals surface area contributed by atoms with E-state index in [1.165, 1.54) is 26.0 Å². The van der Waals surface area contributed by atoms with Crippen LogP contribution >= 0.6 is 18.4 Å². The quantitative estimate of drug-likeness (QED) is 0.208. The van der Waals surface area contributed by atoms with Crippen LogP contribution in [0.4, 0.5) is 4.79 Å². The van der Waals surface area contributed by atoms with Gasteiger partial charge >= 0.3 is 6.09 Å². The number of nitrogens with zero attached hydrogens (tertiary/aromatic N) is 2. The van der Waals surface area contributed by atoms with Gasteiger partial charge in [-0.3, -0.25) is 4.84 Å². The van der Waals surface area contributed by atoms with E-state index in [0.717, 1.165) is 32.1 Å². The van der Waals surface area contributed by atoms with Crippen molar-refractivity contribution in [2.45, 2.75) is 45.1 Å². The van der Waals surface area contributed by atoms with E-state index in [2.05, 4.69) is 10.5 Å². The number of oxime groups is 1. The first kappa shape index (κ1) is 23.0. The molecule has 1 N–H and O–H groups in total. The first-order valence-corrected chi connectivity index (χ1v) is 12.9. The summed E-state index contributed by atoms with van der Waals surface area (Å²) in [5.41, 5.74) is 0. The van der Waals surface area contributed by atoms with E-state index < -0.39 is 23.7 Å². The van der Waals surface area contributed by atoms with Crippen molar-refractivity contribution < 1.29 is 22.9 Å². The van der Waals surface area contributed by atoms with E-state index in [1.807, 2.05) is 6.26 Å². The van der Waals surface area contributed by atoms with Crippen LogP contribution in [0.1, 0.15) is 39.0 Å². The van der Waals surface area contributed by atoms with Gasteiger partial charge in [-0.2, -0.15) is 0 Å². The molecule has 1 fully saturated rings. The molecule has 0 aliphatic heterocycles. The van der Waals surface area contributed by atoms with Gasteiger partial charge in [0, 0.05) is 20.3 Å². The fraction of sp³-hybridized carbons (Fsp3) is 0.846. The van der Waals surface area contributed by atoms with Crippen molar-refractivity contribution in [2.24, 2.45) is 5.16 Å². The molecule has 1 aliphatic rings. The van der Waals surface area contributed by atoms with Crippen LogP contribution in [0.25, 0.3) is 0 Å². The van der Waals surface area contributed by atoms with Crippen LogP contribution in [0.5, 0.6) is 0 Å². The third-order valence-corrected chi connectivity index (χ3v) is 10.1. The summed E-state index contributed by atoms with van der Waals surface area (Å²) in [6.07, 6.45) is 6.03. The highest BCUT2D eigenvalue weighted by atomic mass is 32.5. The number of thioether (sulfide) groups is 1. The average Bonchev–Trinajstić information content (AvgIpc) is 2.65. The Morgan fingerprint density at radius 3 is 2.48 bits per heavy atom. The predicted octanol–water partition coefficient (Wildman–Crippen LogP) is 3.18. The van der Waals surface area contributed by atoms with Gasteiger partial charge in [-0.25, -0.2) is 9.00 Å². The molecule has 0 spiro atoms. The molecule has 146 valence electrons. The molecule has 0 aromatic carbocycles. The Morgan fingerprint density at radius 2 is 1.96 bits per heavy atom. The van der Waals surface area contributed by atoms with E-state index in [1.54, 1.807) is 11.0 Å². The fourth-order valence-electron chi connectivity index (χ4n) is 2.38. The fourth-order valence-corrected chi connectivity index (χ4v) is 7.04. The summed E-state index contributed by atoms with van der Waals surface area (Å²) in [5, 5.41) is 6.68. The number of hydrogen-bond acceptors (Lipinski definition) is 8. The molecule has 1 atom stereocenters. The summed E-state index contributed by atoms with van der Waals surface area (Å²) >= 11 is 6.85. The molecule has 0 radical (unpaired) electrons. The highest BCUT2D eigenvalue weighted by Gasteiger charge is 2.38. The van der Waals surface area contributed by atoms with Gasteiger partial charge in [0.15, 0.2) is 0 Å². The molecule has 12 heteroatoms. The maximum Gasteiger partial charge on any atom is 0.434 e. The lowest BCUT2D eigenvalue weighted by atomic mass is 9.96. The Hall–Kier alpha value is -0.0300. The maximum absolute atomic E-state index is 12.8. The molecule has 0 saturated heterocycles. The first-order valence-electron chi connectivity index (χ1n) is 7.81. The minimum Gasteiger partial charge on any atom is -0.321 e. The Morgan fingerprint density at radius 1 is 1.36 bits per heavy atom. The molecule has 1 rings (SSSR count). The third-order valence-electron chi connectivity index (χ3n) is 3.69. The van der Waals surface area contributed by atoms with Crippen LogP contribution in [0.3, 0.4) is 0 Å². The summed E-state index contributed by atoms with van der Waals surface area (Å²) < 4.78 is 25.2. The van der Waals surface area contributed by atoms with E-state index in [0.29, 0.717) is 5.04 Å². The van der Waals surface area contributed by atoms with Crippen LogP contribution in [0.2, 0.25) is 0 Å². The van der Waals surface area contributed by atoms with Crippen molar-refractivity contribution in [3.8, 4) is 0 Å². The second-order valence-electron chi connectivity index (χ2n) is 5.26. The minimum absolute atomic E-state index is 0.00916. The Bertz CT molecular complexity index is 535. The highest BCUT2D eigenvalue weighted by molar-refractivity contribution is 8.13. The third kappa shape index (κ3) is 7.24. The lowest BCUT2D eigenvalue weighted by Crippen LogP contribution is -2.41. The van der Waals surface area contributed by atoms with E-state index >= 15 is 0 Å². The number of nitrogens with one attached hydrogen (secondary N) is 1. The first-order chi connectivity index (χ1) is 11.9. The van der Waals surface area contributed by atoms with Crippen LogP contribution in [-0.2, 0) is 36.7 Å². The normalized spacial score (nSPS) is 18.2. The number of amides is 1. The predicted molar refractivity (Wildman–Crippen MR) is 106 cm³/mol. The summed E-state index contributed by atoms with van der Waals surface area (Å²) in [4.78, 5) is 16.4. The van der Waals surface area contributed by atoms with Crippen molar-refractivity contribution in [1.29, 1.82) is 0 Å². The zero-order valence-corrected chi connectivity index (χ0v) is 18.3. The topological polar surface area (TPSA) is 89.5 Å². The SMILES string of the molecule is COP(=S)(OC)N(C1CCCCC1)S(=O)CNC(=O)ON=C(C)SC. The number of rotatable bonds is 8. The molecule has 1 unspecified atom stereocenters. The van der Waals surface area contributed by atoms with Crippen LogP contribution < -0.4 is 5.32 Å². The van der Waals surface area contributed by atoms with Crippen molar-refractivity contribution in [3.05, 3.63) is 0 Å². The van der Waals surface area contributed by atoms with Crippen molar-refractivity contribution in [3.63, 3.8) is 0 Å². The number of carbonyl (C=O) groups excluding carboxylic acids is 1. The van der Waals surface area contributed by atoms with Gasteiger partial charge in [0.2, 0.25) is 0 Å². The smallest absolute Gasteiger partial charge is 0.321 e. The minimum atomic E-state index is -2.87. The van der Waals surface area contributed by atoms with Gasteiger partial charge in [0.1, 0.15) is 21.9 Å². The molecule has 1 saturated carbocycles. The van der Waals surface area contributed by atoms with Crippen molar-refractivity contribution in [1.82, 2.24) is 9.39 Å².